The highest BCUT2D eigenvalue weighted by Crippen LogP contribution is 2.11. The fourth-order valence-electron chi connectivity index (χ4n) is 2.08. The molecular formula is C18H21FN2O3. The largest absolute Gasteiger partial charge is 0.491 e. The Morgan fingerprint density at radius 2 is 1.83 bits per heavy atom. The van der Waals surface area contributed by atoms with E-state index in [1.165, 1.54) is 24.3 Å². The number of ether oxygens (including phenoxy) is 1. The number of nitrogens with one attached hydrogen (secondary N) is 2. The first-order chi connectivity index (χ1) is 11.6. The van der Waals surface area contributed by atoms with Gasteiger partial charge in [-0.2, -0.15) is 0 Å². The van der Waals surface area contributed by atoms with Crippen molar-refractivity contribution in [3.63, 3.8) is 0 Å². The van der Waals surface area contributed by atoms with Gasteiger partial charge in [-0.05, 0) is 42.0 Å². The Bertz CT molecular complexity index is 644. The normalized spacial score (nSPS) is 11.8. The molecule has 0 aliphatic rings. The minimum absolute atomic E-state index is 0.119. The molecule has 3 N–H and O–H groups in total. The third kappa shape index (κ3) is 5.64. The van der Waals surface area contributed by atoms with E-state index in [9.17, 15) is 14.3 Å². The molecule has 0 aliphatic heterocycles. The summed E-state index contributed by atoms with van der Waals surface area (Å²) in [4.78, 5) is 11.4. The predicted molar refractivity (Wildman–Crippen MR) is 89.4 cm³/mol. The summed E-state index contributed by atoms with van der Waals surface area (Å²) in [6.07, 6.45) is -0.680. The lowest BCUT2D eigenvalue weighted by Crippen LogP contribution is -2.31. The second-order valence-corrected chi connectivity index (χ2v) is 5.33. The van der Waals surface area contributed by atoms with Crippen molar-refractivity contribution in [1.29, 1.82) is 0 Å². The molecule has 0 bridgehead atoms. The van der Waals surface area contributed by atoms with Crippen LogP contribution in [0.2, 0.25) is 0 Å². The molecule has 2 aromatic carbocycles. The lowest BCUT2D eigenvalue weighted by molar-refractivity contribution is 0.0963. The van der Waals surface area contributed by atoms with Gasteiger partial charge in [-0.3, -0.25) is 4.79 Å². The molecule has 2 rings (SSSR count). The highest BCUT2D eigenvalue weighted by atomic mass is 19.1. The Balaban J connectivity index is 1.69. The molecule has 5 nitrogen and oxygen atoms in total. The smallest absolute Gasteiger partial charge is 0.251 e. The van der Waals surface area contributed by atoms with E-state index >= 15 is 0 Å². The molecule has 6 heteroatoms. The summed E-state index contributed by atoms with van der Waals surface area (Å²) in [6.45, 7) is 1.05. The van der Waals surface area contributed by atoms with Gasteiger partial charge < -0.3 is 20.5 Å². The van der Waals surface area contributed by atoms with E-state index in [1.807, 2.05) is 12.1 Å². The maximum absolute atomic E-state index is 12.8. The van der Waals surface area contributed by atoms with E-state index in [1.54, 1.807) is 19.2 Å². The highest BCUT2D eigenvalue weighted by molar-refractivity contribution is 5.93. The number of carbonyl (C=O) groups excluding carboxylic acids is 1. The van der Waals surface area contributed by atoms with Crippen LogP contribution in [-0.4, -0.2) is 37.3 Å². The number of rotatable bonds is 8. The molecule has 1 amide bonds. The van der Waals surface area contributed by atoms with E-state index in [0.29, 0.717) is 24.4 Å². The van der Waals surface area contributed by atoms with Gasteiger partial charge >= 0.3 is 0 Å². The van der Waals surface area contributed by atoms with Gasteiger partial charge in [-0.15, -0.1) is 0 Å². The summed E-state index contributed by atoms with van der Waals surface area (Å²) in [7, 11) is 1.59. The maximum Gasteiger partial charge on any atom is 0.251 e. The van der Waals surface area contributed by atoms with Crippen LogP contribution in [0.15, 0.2) is 48.5 Å². The van der Waals surface area contributed by atoms with E-state index < -0.39 is 6.10 Å². The lowest BCUT2D eigenvalue weighted by Gasteiger charge is -2.13. The third-order valence-electron chi connectivity index (χ3n) is 3.41. The highest BCUT2D eigenvalue weighted by Gasteiger charge is 2.06. The molecule has 1 unspecified atom stereocenters. The molecule has 0 saturated heterocycles. The van der Waals surface area contributed by atoms with Crippen LogP contribution in [0.3, 0.4) is 0 Å². The van der Waals surface area contributed by atoms with Crippen LogP contribution in [0, 0.1) is 5.82 Å². The average Bonchev–Trinajstić information content (AvgIpc) is 2.61. The summed E-state index contributed by atoms with van der Waals surface area (Å²) < 4.78 is 18.1. The molecule has 0 saturated carbocycles. The third-order valence-corrected chi connectivity index (χ3v) is 3.41. The summed E-state index contributed by atoms with van der Waals surface area (Å²) in [5.74, 6) is 0.0649. The van der Waals surface area contributed by atoms with Crippen molar-refractivity contribution < 1.29 is 19.0 Å². The number of aliphatic hydroxyl groups excluding tert-OH is 1. The molecule has 1 atom stereocenters. The molecule has 0 spiro atoms. The fraction of sp³-hybridized carbons (Fsp3) is 0.278. The second-order valence-electron chi connectivity index (χ2n) is 5.33. The van der Waals surface area contributed by atoms with E-state index in [-0.39, 0.29) is 18.3 Å². The zero-order valence-electron chi connectivity index (χ0n) is 13.5. The van der Waals surface area contributed by atoms with Crippen LogP contribution >= 0.6 is 0 Å². The monoisotopic (exact) mass is 332 g/mol. The van der Waals surface area contributed by atoms with Crippen molar-refractivity contribution in [3.05, 3.63) is 65.5 Å². The molecule has 0 aliphatic carbocycles. The van der Waals surface area contributed by atoms with Crippen molar-refractivity contribution in [1.82, 2.24) is 10.6 Å². The second kappa shape index (κ2) is 9.00. The summed E-state index contributed by atoms with van der Waals surface area (Å²) in [5.41, 5.74) is 1.61. The van der Waals surface area contributed by atoms with Crippen LogP contribution in [0.4, 0.5) is 4.39 Å². The van der Waals surface area contributed by atoms with E-state index in [4.69, 9.17) is 4.74 Å². The fourth-order valence-corrected chi connectivity index (χ4v) is 2.08. The molecule has 24 heavy (non-hydrogen) atoms. The minimum Gasteiger partial charge on any atom is -0.491 e. The van der Waals surface area contributed by atoms with Gasteiger partial charge in [0.25, 0.3) is 5.91 Å². The van der Waals surface area contributed by atoms with Gasteiger partial charge in [0.1, 0.15) is 24.3 Å². The van der Waals surface area contributed by atoms with Crippen LogP contribution in [-0.2, 0) is 6.54 Å². The SMILES string of the molecule is CNC(=O)c1ccc(CNCC(O)COc2ccc(F)cc2)cc1. The quantitative estimate of drug-likeness (QED) is 0.688. The molecule has 2 aromatic rings. The van der Waals surface area contributed by atoms with Crippen molar-refractivity contribution in [2.45, 2.75) is 12.6 Å². The van der Waals surface area contributed by atoms with Crippen LogP contribution in [0.5, 0.6) is 5.75 Å². The number of carbonyl (C=O) groups is 1. The van der Waals surface area contributed by atoms with Gasteiger partial charge in [-0.1, -0.05) is 12.1 Å². The van der Waals surface area contributed by atoms with Crippen molar-refractivity contribution in [3.8, 4) is 5.75 Å². The number of amides is 1. The van der Waals surface area contributed by atoms with E-state index in [0.717, 1.165) is 5.56 Å². The molecule has 0 aromatic heterocycles. The van der Waals surface area contributed by atoms with Crippen molar-refractivity contribution in [2.75, 3.05) is 20.2 Å². The first-order valence-electron chi connectivity index (χ1n) is 7.66. The Kier molecular flexibility index (Phi) is 6.72. The molecular weight excluding hydrogens is 311 g/mol. The minimum atomic E-state index is -0.680. The number of halogens is 1. The van der Waals surface area contributed by atoms with Crippen molar-refractivity contribution in [2.24, 2.45) is 0 Å². The standard InChI is InChI=1S/C18H21FN2O3/c1-20-18(23)14-4-2-13(3-5-14)10-21-11-16(22)12-24-17-8-6-15(19)7-9-17/h2-9,16,21-22H,10-12H2,1H3,(H,20,23). The first-order valence-corrected chi connectivity index (χ1v) is 7.66. The Morgan fingerprint density at radius 1 is 1.17 bits per heavy atom. The average molecular weight is 332 g/mol. The van der Waals surface area contributed by atoms with Gasteiger partial charge in [-0.25, -0.2) is 4.39 Å². The Labute approximate surface area is 140 Å². The van der Waals surface area contributed by atoms with Gasteiger partial charge in [0, 0.05) is 25.7 Å². The number of benzene rings is 2. The maximum atomic E-state index is 12.8. The van der Waals surface area contributed by atoms with Crippen LogP contribution < -0.4 is 15.4 Å². The molecule has 0 radical (unpaired) electrons. The summed E-state index contributed by atoms with van der Waals surface area (Å²) in [6, 6.07) is 12.9. The zero-order chi connectivity index (χ0) is 17.4. The van der Waals surface area contributed by atoms with Crippen LogP contribution in [0.1, 0.15) is 15.9 Å². The Hall–Kier alpha value is -2.44. The predicted octanol–water partition coefficient (Wildman–Crippen LogP) is 1.71. The van der Waals surface area contributed by atoms with Gasteiger partial charge in [0.05, 0.1) is 0 Å². The Morgan fingerprint density at radius 3 is 2.46 bits per heavy atom. The van der Waals surface area contributed by atoms with E-state index in [2.05, 4.69) is 10.6 Å². The number of aliphatic hydroxyl groups is 1. The van der Waals surface area contributed by atoms with Crippen molar-refractivity contribution >= 4 is 5.91 Å². The molecule has 0 heterocycles. The zero-order valence-corrected chi connectivity index (χ0v) is 13.5. The lowest BCUT2D eigenvalue weighted by atomic mass is 10.1. The number of hydrogen-bond acceptors (Lipinski definition) is 4. The van der Waals surface area contributed by atoms with Gasteiger partial charge in [0.15, 0.2) is 0 Å². The summed E-state index contributed by atoms with van der Waals surface area (Å²) in [5, 5.41) is 15.6. The van der Waals surface area contributed by atoms with Crippen LogP contribution in [0.25, 0.3) is 0 Å². The molecule has 128 valence electrons. The topological polar surface area (TPSA) is 70.6 Å². The van der Waals surface area contributed by atoms with Gasteiger partial charge in [0.2, 0.25) is 0 Å². The summed E-state index contributed by atoms with van der Waals surface area (Å²) >= 11 is 0. The number of hydrogen-bond donors (Lipinski definition) is 3. The molecule has 0 fully saturated rings. The first kappa shape index (κ1) is 17.9.